The lowest BCUT2D eigenvalue weighted by Crippen LogP contribution is -2.18. The highest BCUT2D eigenvalue weighted by Gasteiger charge is 2.14. The first-order valence-electron chi connectivity index (χ1n) is 13.5. The van der Waals surface area contributed by atoms with Crippen molar-refractivity contribution in [2.75, 3.05) is 6.61 Å². The Morgan fingerprint density at radius 1 is 0.711 bits per heavy atom. The Hall–Kier alpha value is -3.80. The van der Waals surface area contributed by atoms with Crippen molar-refractivity contribution < 1.29 is 29.3 Å². The molecule has 6 nitrogen and oxygen atoms in total. The maximum Gasteiger partial charge on any atom is 0.335 e. The summed E-state index contributed by atoms with van der Waals surface area (Å²) in [5, 5.41) is 18.1. The van der Waals surface area contributed by atoms with E-state index in [1.165, 1.54) is 17.7 Å². The molecule has 38 heavy (non-hydrogen) atoms. The summed E-state index contributed by atoms with van der Waals surface area (Å²) in [7, 11) is 0. The zero-order valence-electron chi connectivity index (χ0n) is 21.9. The minimum absolute atomic E-state index is 0.120. The third-order valence-electron chi connectivity index (χ3n) is 6.49. The third-order valence-corrected chi connectivity index (χ3v) is 6.49. The van der Waals surface area contributed by atoms with Gasteiger partial charge in [0, 0.05) is 6.42 Å². The zero-order chi connectivity index (χ0) is 27.0. The minimum Gasteiger partial charge on any atom is -0.493 e. The number of para-hydroxylation sites is 1. The summed E-state index contributed by atoms with van der Waals surface area (Å²) in [5.41, 5.74) is 2.70. The molecule has 0 saturated heterocycles. The van der Waals surface area contributed by atoms with Gasteiger partial charge in [-0.3, -0.25) is 4.79 Å². The van der Waals surface area contributed by atoms with Gasteiger partial charge in [-0.2, -0.15) is 0 Å². The number of aromatic carboxylic acids is 1. The minimum atomic E-state index is -0.977. The summed E-state index contributed by atoms with van der Waals surface area (Å²) in [4.78, 5) is 22.0. The molecule has 2 N–H and O–H groups in total. The molecule has 0 bridgehead atoms. The molecule has 1 unspecified atom stereocenters. The van der Waals surface area contributed by atoms with Crippen molar-refractivity contribution in [3.05, 3.63) is 95.6 Å². The van der Waals surface area contributed by atoms with Crippen molar-refractivity contribution in [3.8, 4) is 11.5 Å². The van der Waals surface area contributed by atoms with Gasteiger partial charge in [0.15, 0.2) is 0 Å². The number of hydrogen-bond donors (Lipinski definition) is 2. The molecule has 0 spiro atoms. The fourth-order valence-corrected chi connectivity index (χ4v) is 4.38. The largest absolute Gasteiger partial charge is 0.493 e. The molecule has 0 saturated carbocycles. The first kappa shape index (κ1) is 28.8. The van der Waals surface area contributed by atoms with Gasteiger partial charge in [-0.1, -0.05) is 48.5 Å². The van der Waals surface area contributed by atoms with Gasteiger partial charge in [0.1, 0.15) is 11.5 Å². The average Bonchev–Trinajstić information content (AvgIpc) is 2.92. The highest BCUT2D eigenvalue weighted by molar-refractivity contribution is 5.87. The molecule has 1 atom stereocenters. The molecule has 3 rings (SSSR count). The lowest BCUT2D eigenvalue weighted by Gasteiger charge is -2.20. The van der Waals surface area contributed by atoms with Crippen LogP contribution in [0.2, 0.25) is 0 Å². The van der Waals surface area contributed by atoms with E-state index in [0.29, 0.717) is 18.8 Å². The summed E-state index contributed by atoms with van der Waals surface area (Å²) < 4.78 is 12.3. The molecule has 0 amide bonds. The van der Waals surface area contributed by atoms with Crippen LogP contribution in [0.3, 0.4) is 0 Å². The van der Waals surface area contributed by atoms with Gasteiger partial charge in [0.2, 0.25) is 0 Å². The van der Waals surface area contributed by atoms with E-state index in [-0.39, 0.29) is 18.1 Å². The molecule has 3 aromatic carbocycles. The second-order valence-electron chi connectivity index (χ2n) is 9.50. The molecule has 6 heteroatoms. The number of benzene rings is 3. The van der Waals surface area contributed by atoms with Gasteiger partial charge in [-0.15, -0.1) is 0 Å². The summed E-state index contributed by atoms with van der Waals surface area (Å²) in [5.74, 6) is -0.267. The van der Waals surface area contributed by atoms with Crippen LogP contribution in [0.5, 0.6) is 11.5 Å². The van der Waals surface area contributed by atoms with Crippen LogP contribution >= 0.6 is 0 Å². The highest BCUT2D eigenvalue weighted by Crippen LogP contribution is 2.24. The van der Waals surface area contributed by atoms with Gasteiger partial charge in [0.05, 0.1) is 18.3 Å². The van der Waals surface area contributed by atoms with Crippen LogP contribution in [0, 0.1) is 0 Å². The van der Waals surface area contributed by atoms with Crippen molar-refractivity contribution in [1.29, 1.82) is 0 Å². The van der Waals surface area contributed by atoms with Crippen molar-refractivity contribution >= 4 is 11.9 Å². The van der Waals surface area contributed by atoms with E-state index in [2.05, 4.69) is 30.3 Å². The normalized spacial score (nSPS) is 11.6. The lowest BCUT2D eigenvalue weighted by molar-refractivity contribution is -0.137. The number of hydrogen-bond acceptors (Lipinski definition) is 4. The van der Waals surface area contributed by atoms with Crippen LogP contribution in [0.1, 0.15) is 72.9 Å². The first-order chi connectivity index (χ1) is 18.5. The molecule has 0 aromatic heterocycles. The first-order valence-corrected chi connectivity index (χ1v) is 13.5. The Balaban J connectivity index is 1.50. The summed E-state index contributed by atoms with van der Waals surface area (Å²) in [6, 6.07) is 25.0. The van der Waals surface area contributed by atoms with E-state index < -0.39 is 11.9 Å². The SMILES string of the molecule is O=C(O)CCCCC(CCc1ccccc1OCCCCCc1ccccc1)Oc1ccc(C(=O)O)cc1. The van der Waals surface area contributed by atoms with Crippen molar-refractivity contribution in [2.45, 2.75) is 70.3 Å². The van der Waals surface area contributed by atoms with E-state index in [0.717, 1.165) is 62.7 Å². The standard InChI is InChI=1S/C32H38O6/c33-31(34)17-9-7-15-28(38-29-22-19-27(20-23-29)32(35)36)21-18-26-14-6-8-16-30(26)37-24-10-2-5-13-25-11-3-1-4-12-25/h1,3-4,6,8,11-12,14,16,19-20,22-23,28H,2,5,7,9-10,13,15,17-18,21,24H2,(H,33,34)(H,35,36). The van der Waals surface area contributed by atoms with E-state index in [1.54, 1.807) is 12.1 Å². The maximum atomic E-state index is 11.1. The van der Waals surface area contributed by atoms with E-state index in [9.17, 15) is 9.59 Å². The summed E-state index contributed by atoms with van der Waals surface area (Å²) in [6.07, 6.45) is 7.93. The predicted octanol–water partition coefficient (Wildman–Crippen LogP) is 7.20. The van der Waals surface area contributed by atoms with Gasteiger partial charge in [-0.05, 0) is 99.2 Å². The summed E-state index contributed by atoms with van der Waals surface area (Å²) >= 11 is 0. The molecule has 0 aliphatic carbocycles. The van der Waals surface area contributed by atoms with Crippen molar-refractivity contribution in [3.63, 3.8) is 0 Å². The Labute approximate surface area is 225 Å². The van der Waals surface area contributed by atoms with Crippen LogP contribution in [0.15, 0.2) is 78.9 Å². The van der Waals surface area contributed by atoms with E-state index >= 15 is 0 Å². The number of aryl methyl sites for hydroxylation is 2. The van der Waals surface area contributed by atoms with Crippen molar-refractivity contribution in [2.24, 2.45) is 0 Å². The zero-order valence-corrected chi connectivity index (χ0v) is 21.9. The molecule has 0 heterocycles. The predicted molar refractivity (Wildman–Crippen MR) is 148 cm³/mol. The smallest absolute Gasteiger partial charge is 0.335 e. The fraction of sp³-hybridized carbons (Fsp3) is 0.375. The van der Waals surface area contributed by atoms with Crippen LogP contribution in [0.4, 0.5) is 0 Å². The van der Waals surface area contributed by atoms with Crippen LogP contribution in [-0.4, -0.2) is 34.9 Å². The van der Waals surface area contributed by atoms with Crippen LogP contribution in [0.25, 0.3) is 0 Å². The second-order valence-corrected chi connectivity index (χ2v) is 9.50. The monoisotopic (exact) mass is 518 g/mol. The quantitative estimate of drug-likeness (QED) is 0.173. The number of carboxylic acid groups (broad SMARTS) is 2. The Bertz CT molecular complexity index is 1110. The fourth-order valence-electron chi connectivity index (χ4n) is 4.38. The van der Waals surface area contributed by atoms with E-state index in [4.69, 9.17) is 19.7 Å². The number of unbranched alkanes of at least 4 members (excludes halogenated alkanes) is 3. The Morgan fingerprint density at radius 2 is 1.45 bits per heavy atom. The number of ether oxygens (including phenoxy) is 2. The lowest BCUT2D eigenvalue weighted by atomic mass is 10.0. The van der Waals surface area contributed by atoms with Gasteiger partial charge >= 0.3 is 11.9 Å². The Morgan fingerprint density at radius 3 is 2.18 bits per heavy atom. The molecule has 202 valence electrons. The van der Waals surface area contributed by atoms with Gasteiger partial charge in [0.25, 0.3) is 0 Å². The topological polar surface area (TPSA) is 93.1 Å². The molecule has 0 aliphatic rings. The molecule has 3 aromatic rings. The van der Waals surface area contributed by atoms with Crippen LogP contribution < -0.4 is 9.47 Å². The van der Waals surface area contributed by atoms with Gasteiger partial charge < -0.3 is 19.7 Å². The molecule has 0 radical (unpaired) electrons. The number of aliphatic carboxylic acids is 1. The highest BCUT2D eigenvalue weighted by atomic mass is 16.5. The second kappa shape index (κ2) is 16.1. The maximum absolute atomic E-state index is 11.1. The van der Waals surface area contributed by atoms with Gasteiger partial charge in [-0.25, -0.2) is 4.79 Å². The number of carbonyl (C=O) groups is 2. The number of carboxylic acids is 2. The molecular formula is C32H38O6. The molecule has 0 aliphatic heterocycles. The van der Waals surface area contributed by atoms with Crippen LogP contribution in [-0.2, 0) is 17.6 Å². The van der Waals surface area contributed by atoms with Crippen molar-refractivity contribution in [1.82, 2.24) is 0 Å². The average molecular weight is 519 g/mol. The molecule has 0 fully saturated rings. The van der Waals surface area contributed by atoms with E-state index in [1.807, 2.05) is 24.3 Å². The Kier molecular flexibility index (Phi) is 12.2. The molecular weight excluding hydrogens is 480 g/mol. The number of rotatable bonds is 18. The summed E-state index contributed by atoms with van der Waals surface area (Å²) in [6.45, 7) is 0.677. The third kappa shape index (κ3) is 10.7.